The zero-order valence-corrected chi connectivity index (χ0v) is 16.4. The SMILES string of the molecule is COCOCCC[C@H]1[C@H](C)CC[C@@H](CCOS(C)(=O)=O)N1C(=O)OC. The van der Waals surface area contributed by atoms with Gasteiger partial charge in [-0.15, -0.1) is 0 Å². The van der Waals surface area contributed by atoms with Crippen LogP contribution in [0.4, 0.5) is 4.79 Å². The van der Waals surface area contributed by atoms with Crippen molar-refractivity contribution in [1.29, 1.82) is 0 Å². The first kappa shape index (κ1) is 22.1. The number of piperidine rings is 1. The lowest BCUT2D eigenvalue weighted by Crippen LogP contribution is -2.53. The van der Waals surface area contributed by atoms with Crippen LogP contribution >= 0.6 is 0 Å². The number of hydrogen-bond donors (Lipinski definition) is 0. The quantitative estimate of drug-likeness (QED) is 0.325. The molecule has 1 fully saturated rings. The third-order valence-electron chi connectivity index (χ3n) is 4.49. The van der Waals surface area contributed by atoms with E-state index in [1.165, 1.54) is 7.11 Å². The first-order chi connectivity index (χ1) is 11.8. The van der Waals surface area contributed by atoms with Crippen LogP contribution in [0.2, 0.25) is 0 Å². The number of amides is 1. The fraction of sp³-hybridized carbons (Fsp3) is 0.938. The number of hydrogen-bond acceptors (Lipinski definition) is 7. The van der Waals surface area contributed by atoms with E-state index in [0.29, 0.717) is 18.9 Å². The van der Waals surface area contributed by atoms with E-state index in [-0.39, 0.29) is 31.6 Å². The van der Waals surface area contributed by atoms with Gasteiger partial charge in [0.1, 0.15) is 6.79 Å². The van der Waals surface area contributed by atoms with Gasteiger partial charge >= 0.3 is 6.09 Å². The summed E-state index contributed by atoms with van der Waals surface area (Å²) in [5.74, 6) is 0.341. The summed E-state index contributed by atoms with van der Waals surface area (Å²) >= 11 is 0. The number of nitrogens with zero attached hydrogens (tertiary/aromatic N) is 1. The Hall–Kier alpha value is -0.900. The van der Waals surface area contributed by atoms with Gasteiger partial charge in [-0.2, -0.15) is 8.42 Å². The molecule has 0 aromatic carbocycles. The van der Waals surface area contributed by atoms with Crippen LogP contribution in [0.3, 0.4) is 0 Å². The minimum Gasteiger partial charge on any atom is -0.453 e. The number of ether oxygens (including phenoxy) is 3. The van der Waals surface area contributed by atoms with E-state index >= 15 is 0 Å². The Morgan fingerprint density at radius 2 is 1.88 bits per heavy atom. The van der Waals surface area contributed by atoms with Crippen molar-refractivity contribution in [3.05, 3.63) is 0 Å². The lowest BCUT2D eigenvalue weighted by atomic mass is 9.84. The van der Waals surface area contributed by atoms with Crippen molar-refractivity contribution in [2.45, 2.75) is 51.1 Å². The molecular weight excluding hydrogens is 350 g/mol. The Morgan fingerprint density at radius 3 is 2.48 bits per heavy atom. The molecule has 1 rings (SSSR count). The first-order valence-electron chi connectivity index (χ1n) is 8.57. The summed E-state index contributed by atoms with van der Waals surface area (Å²) in [6.45, 7) is 3.01. The minimum absolute atomic E-state index is 0.0376. The summed E-state index contributed by atoms with van der Waals surface area (Å²) in [5, 5.41) is 0. The maximum Gasteiger partial charge on any atom is 0.409 e. The highest BCUT2D eigenvalue weighted by atomic mass is 32.2. The second-order valence-electron chi connectivity index (χ2n) is 6.42. The van der Waals surface area contributed by atoms with Crippen LogP contribution < -0.4 is 0 Å². The summed E-state index contributed by atoms with van der Waals surface area (Å²) in [4.78, 5) is 14.1. The Morgan fingerprint density at radius 1 is 1.16 bits per heavy atom. The largest absolute Gasteiger partial charge is 0.453 e. The molecule has 1 saturated heterocycles. The van der Waals surface area contributed by atoms with Gasteiger partial charge in [0, 0.05) is 25.8 Å². The molecule has 0 radical (unpaired) electrons. The van der Waals surface area contributed by atoms with E-state index in [1.807, 2.05) is 0 Å². The highest BCUT2D eigenvalue weighted by Gasteiger charge is 2.38. The minimum atomic E-state index is -3.48. The molecule has 0 aliphatic carbocycles. The third-order valence-corrected chi connectivity index (χ3v) is 5.08. The Labute approximate surface area is 150 Å². The Kier molecular flexibility index (Phi) is 9.70. The number of carbonyl (C=O) groups excluding carboxylic acids is 1. The van der Waals surface area contributed by atoms with Crippen molar-refractivity contribution in [1.82, 2.24) is 4.90 Å². The predicted molar refractivity (Wildman–Crippen MR) is 92.7 cm³/mol. The van der Waals surface area contributed by atoms with Gasteiger partial charge in [-0.1, -0.05) is 6.92 Å². The van der Waals surface area contributed by atoms with Gasteiger partial charge in [0.15, 0.2) is 0 Å². The molecule has 9 heteroatoms. The van der Waals surface area contributed by atoms with Crippen molar-refractivity contribution in [3.63, 3.8) is 0 Å². The Bertz CT molecular complexity index is 497. The molecule has 1 heterocycles. The standard InChI is InChI=1S/C16H31NO7S/c1-13-7-8-14(9-11-24-25(4,19)20)17(16(18)22-3)15(13)6-5-10-23-12-21-2/h13-15H,5-12H2,1-4H3/t13-,14+,15+/m1/s1. The van der Waals surface area contributed by atoms with Gasteiger partial charge in [0.05, 0.1) is 20.0 Å². The van der Waals surface area contributed by atoms with Crippen molar-refractivity contribution in [3.8, 4) is 0 Å². The normalized spacial score (nSPS) is 24.3. The number of likely N-dealkylation sites (tertiary alicyclic amines) is 1. The molecule has 3 atom stereocenters. The van der Waals surface area contributed by atoms with Crippen molar-refractivity contribution in [2.24, 2.45) is 5.92 Å². The maximum atomic E-state index is 12.3. The van der Waals surface area contributed by atoms with E-state index in [0.717, 1.165) is 31.9 Å². The number of carbonyl (C=O) groups is 1. The zero-order chi connectivity index (χ0) is 18.9. The lowest BCUT2D eigenvalue weighted by molar-refractivity contribution is -0.0357. The van der Waals surface area contributed by atoms with Gasteiger partial charge < -0.3 is 19.1 Å². The first-order valence-corrected chi connectivity index (χ1v) is 10.4. The monoisotopic (exact) mass is 381 g/mol. The van der Waals surface area contributed by atoms with Gasteiger partial charge in [-0.25, -0.2) is 4.79 Å². The molecule has 0 aromatic rings. The van der Waals surface area contributed by atoms with E-state index in [4.69, 9.17) is 18.4 Å². The van der Waals surface area contributed by atoms with Crippen LogP contribution in [0.15, 0.2) is 0 Å². The van der Waals surface area contributed by atoms with E-state index in [2.05, 4.69) is 6.92 Å². The van der Waals surface area contributed by atoms with Crippen LogP contribution in [0.5, 0.6) is 0 Å². The summed E-state index contributed by atoms with van der Waals surface area (Å²) < 4.78 is 42.2. The average molecular weight is 381 g/mol. The Balaban J connectivity index is 2.68. The lowest BCUT2D eigenvalue weighted by Gasteiger charge is -2.44. The van der Waals surface area contributed by atoms with Gasteiger partial charge in [0.2, 0.25) is 0 Å². The van der Waals surface area contributed by atoms with Crippen molar-refractivity contribution >= 4 is 16.2 Å². The molecule has 0 saturated carbocycles. The molecule has 1 aliphatic rings. The second-order valence-corrected chi connectivity index (χ2v) is 8.07. The molecule has 0 unspecified atom stereocenters. The number of rotatable bonds is 10. The average Bonchev–Trinajstić information content (AvgIpc) is 2.55. The number of methoxy groups -OCH3 is 2. The smallest absolute Gasteiger partial charge is 0.409 e. The van der Waals surface area contributed by atoms with Crippen LogP contribution in [0.25, 0.3) is 0 Å². The molecule has 1 amide bonds. The van der Waals surface area contributed by atoms with Crippen LogP contribution in [-0.4, -0.2) is 72.0 Å². The zero-order valence-electron chi connectivity index (χ0n) is 15.6. The molecule has 0 bridgehead atoms. The third kappa shape index (κ3) is 7.89. The van der Waals surface area contributed by atoms with Crippen LogP contribution in [-0.2, 0) is 28.5 Å². The second kappa shape index (κ2) is 10.9. The molecule has 0 spiro atoms. The van der Waals surface area contributed by atoms with Crippen molar-refractivity contribution in [2.75, 3.05) is 40.5 Å². The van der Waals surface area contributed by atoms with Gasteiger partial charge in [0.25, 0.3) is 10.1 Å². The van der Waals surface area contributed by atoms with E-state index < -0.39 is 10.1 Å². The van der Waals surface area contributed by atoms with Crippen LogP contribution in [0, 0.1) is 5.92 Å². The van der Waals surface area contributed by atoms with Crippen LogP contribution in [0.1, 0.15) is 39.0 Å². The summed E-state index contributed by atoms with van der Waals surface area (Å²) in [6.07, 6.45) is 4.49. The van der Waals surface area contributed by atoms with Crippen molar-refractivity contribution < 1.29 is 31.6 Å². The highest BCUT2D eigenvalue weighted by molar-refractivity contribution is 7.85. The summed E-state index contributed by atoms with van der Waals surface area (Å²) in [5.41, 5.74) is 0. The van der Waals surface area contributed by atoms with Gasteiger partial charge in [-0.05, 0) is 38.0 Å². The predicted octanol–water partition coefficient (Wildman–Crippen LogP) is 1.99. The van der Waals surface area contributed by atoms with Gasteiger partial charge in [-0.3, -0.25) is 4.18 Å². The summed E-state index contributed by atoms with van der Waals surface area (Å²) in [7, 11) is -0.538. The molecule has 148 valence electrons. The summed E-state index contributed by atoms with van der Waals surface area (Å²) in [6, 6.07) is -0.0501. The molecule has 0 N–H and O–H groups in total. The molecule has 1 aliphatic heterocycles. The molecular formula is C16H31NO7S. The molecule has 25 heavy (non-hydrogen) atoms. The maximum absolute atomic E-state index is 12.3. The molecule has 0 aromatic heterocycles. The topological polar surface area (TPSA) is 91.4 Å². The molecule has 8 nitrogen and oxygen atoms in total. The van der Waals surface area contributed by atoms with E-state index in [1.54, 1.807) is 12.0 Å². The fourth-order valence-electron chi connectivity index (χ4n) is 3.30. The highest BCUT2D eigenvalue weighted by Crippen LogP contribution is 2.32. The fourth-order valence-corrected chi connectivity index (χ4v) is 3.70. The van der Waals surface area contributed by atoms with E-state index in [9.17, 15) is 13.2 Å².